The summed E-state index contributed by atoms with van der Waals surface area (Å²) in [6, 6.07) is 6.45. The molecule has 0 aliphatic carbocycles. The summed E-state index contributed by atoms with van der Waals surface area (Å²) in [7, 11) is -3.19. The van der Waals surface area contributed by atoms with Gasteiger partial charge in [0.1, 0.15) is 0 Å². The van der Waals surface area contributed by atoms with E-state index in [1.165, 1.54) is 18.2 Å². The Hall–Kier alpha value is -1.40. The number of hydrogen-bond acceptors (Lipinski definition) is 4. The maximum absolute atomic E-state index is 11.3. The lowest BCUT2D eigenvalue weighted by atomic mass is 10.2. The highest BCUT2D eigenvalue weighted by Gasteiger charge is 2.06. The van der Waals surface area contributed by atoms with E-state index in [-0.39, 0.29) is 4.90 Å². The van der Waals surface area contributed by atoms with Crippen molar-refractivity contribution in [3.05, 3.63) is 48.1 Å². The van der Waals surface area contributed by atoms with E-state index >= 15 is 0 Å². The van der Waals surface area contributed by atoms with Gasteiger partial charge in [0.2, 0.25) is 0 Å². The van der Waals surface area contributed by atoms with Crippen LogP contribution in [0.5, 0.6) is 0 Å². The molecule has 6 heteroatoms. The number of carbonyl (C=O) groups excluding carboxylic acids is 1. The molecule has 0 saturated heterocycles. The van der Waals surface area contributed by atoms with Crippen LogP contribution in [-0.4, -0.2) is 27.2 Å². The minimum absolute atomic E-state index is 0.267. The molecule has 0 saturated carbocycles. The largest absolute Gasteiger partial charge is 0.463 e. The lowest BCUT2D eigenvalue weighted by Crippen LogP contribution is -1.98. The lowest BCUT2D eigenvalue weighted by Gasteiger charge is -2.01. The van der Waals surface area contributed by atoms with Crippen LogP contribution in [0.4, 0.5) is 0 Å². The summed E-state index contributed by atoms with van der Waals surface area (Å²) in [5, 5.41) is 0. The molecule has 1 aromatic rings. The van der Waals surface area contributed by atoms with Crippen molar-refractivity contribution in [1.29, 1.82) is 0 Å². The minimum atomic E-state index is -3.19. The van der Waals surface area contributed by atoms with Crippen LogP contribution in [0.15, 0.2) is 47.4 Å². The van der Waals surface area contributed by atoms with Crippen molar-refractivity contribution in [1.82, 2.24) is 0 Å². The van der Waals surface area contributed by atoms with Gasteiger partial charge < -0.3 is 4.74 Å². The molecule has 0 heterocycles. The van der Waals surface area contributed by atoms with Gasteiger partial charge in [0, 0.05) is 16.8 Å². The summed E-state index contributed by atoms with van der Waals surface area (Å²) >= 11 is 3.36. The van der Waals surface area contributed by atoms with Gasteiger partial charge in [0.15, 0.2) is 9.84 Å². The molecule has 0 unspecified atom stereocenters. The number of hydrogen-bond donors (Lipinski definition) is 0. The van der Waals surface area contributed by atoms with E-state index in [1.807, 2.05) is 0 Å². The Morgan fingerprint density at radius 2 is 1.90 bits per heavy atom. The number of rotatable bonds is 5. The molecule has 0 radical (unpaired) electrons. The smallest absolute Gasteiger partial charge is 0.330 e. The lowest BCUT2D eigenvalue weighted by molar-refractivity contribution is -0.137. The van der Waals surface area contributed by atoms with Crippen LogP contribution in [0.25, 0.3) is 4.48 Å². The highest BCUT2D eigenvalue weighted by Crippen LogP contribution is 2.22. The quantitative estimate of drug-likeness (QED) is 0.461. The molecule has 0 spiro atoms. The minimum Gasteiger partial charge on any atom is -0.463 e. The van der Waals surface area contributed by atoms with Crippen LogP contribution >= 0.6 is 15.9 Å². The SMILES string of the molecule is CCOC(=O)/C=C/C=C(\Br)c1ccc(S(C)(=O)=O)cc1. The fraction of sp³-hybridized carbons (Fsp3) is 0.214. The second kappa shape index (κ2) is 7.40. The van der Waals surface area contributed by atoms with Crippen LogP contribution < -0.4 is 0 Å². The normalized spacial score (nSPS) is 12.7. The molecule has 0 atom stereocenters. The first-order valence-corrected chi connectivity index (χ1v) is 8.54. The first-order chi connectivity index (χ1) is 9.34. The van der Waals surface area contributed by atoms with Gasteiger partial charge in [-0.1, -0.05) is 34.1 Å². The van der Waals surface area contributed by atoms with Crippen LogP contribution in [0.2, 0.25) is 0 Å². The maximum atomic E-state index is 11.3. The van der Waals surface area contributed by atoms with E-state index in [0.717, 1.165) is 16.3 Å². The number of benzene rings is 1. The molecule has 108 valence electrons. The zero-order chi connectivity index (χ0) is 15.2. The molecule has 0 amide bonds. The Morgan fingerprint density at radius 1 is 1.30 bits per heavy atom. The van der Waals surface area contributed by atoms with Gasteiger partial charge in [-0.25, -0.2) is 13.2 Å². The topological polar surface area (TPSA) is 60.4 Å². The summed E-state index contributed by atoms with van der Waals surface area (Å²) in [6.07, 6.45) is 5.73. The second-order valence-electron chi connectivity index (χ2n) is 3.92. The third-order valence-electron chi connectivity index (χ3n) is 2.32. The highest BCUT2D eigenvalue weighted by molar-refractivity contribution is 9.15. The van der Waals surface area contributed by atoms with E-state index in [0.29, 0.717) is 6.61 Å². The van der Waals surface area contributed by atoms with E-state index in [1.54, 1.807) is 31.2 Å². The van der Waals surface area contributed by atoms with Crippen LogP contribution in [-0.2, 0) is 19.4 Å². The van der Waals surface area contributed by atoms with Crippen molar-refractivity contribution in [3.8, 4) is 0 Å². The fourth-order valence-electron chi connectivity index (χ4n) is 1.36. The predicted molar refractivity (Wildman–Crippen MR) is 82.2 cm³/mol. The van der Waals surface area contributed by atoms with Crippen molar-refractivity contribution in [3.63, 3.8) is 0 Å². The van der Waals surface area contributed by atoms with Gasteiger partial charge >= 0.3 is 5.97 Å². The van der Waals surface area contributed by atoms with Gasteiger partial charge in [0.25, 0.3) is 0 Å². The summed E-state index contributed by atoms with van der Waals surface area (Å²) in [6.45, 7) is 2.07. The molecular weight excluding hydrogens is 344 g/mol. The molecular formula is C14H15BrO4S. The molecule has 0 aliphatic rings. The number of ether oxygens (including phenoxy) is 1. The number of carbonyl (C=O) groups is 1. The Bertz CT molecular complexity index is 628. The summed E-state index contributed by atoms with van der Waals surface area (Å²) in [5.74, 6) is -0.406. The molecule has 0 aliphatic heterocycles. The first-order valence-electron chi connectivity index (χ1n) is 5.85. The van der Waals surface area contributed by atoms with E-state index in [2.05, 4.69) is 15.9 Å². The zero-order valence-electron chi connectivity index (χ0n) is 11.2. The van der Waals surface area contributed by atoms with Crippen LogP contribution in [0.1, 0.15) is 12.5 Å². The van der Waals surface area contributed by atoms with Gasteiger partial charge in [-0.2, -0.15) is 0 Å². The van der Waals surface area contributed by atoms with Crippen molar-refractivity contribution >= 4 is 36.2 Å². The molecule has 0 aromatic heterocycles. The Kier molecular flexibility index (Phi) is 6.16. The Balaban J connectivity index is 2.82. The van der Waals surface area contributed by atoms with E-state index in [4.69, 9.17) is 4.74 Å². The number of esters is 1. The van der Waals surface area contributed by atoms with Crippen molar-refractivity contribution < 1.29 is 17.9 Å². The molecule has 0 bridgehead atoms. The molecule has 1 aromatic carbocycles. The summed E-state index contributed by atoms with van der Waals surface area (Å²) in [5.41, 5.74) is 0.811. The average molecular weight is 359 g/mol. The number of halogens is 1. The molecule has 4 nitrogen and oxygen atoms in total. The molecule has 1 rings (SSSR count). The maximum Gasteiger partial charge on any atom is 0.330 e. The molecule has 0 N–H and O–H groups in total. The number of allylic oxidation sites excluding steroid dienone is 2. The van der Waals surface area contributed by atoms with Gasteiger partial charge in [-0.15, -0.1) is 0 Å². The Morgan fingerprint density at radius 3 is 2.40 bits per heavy atom. The van der Waals surface area contributed by atoms with Gasteiger partial charge in [-0.3, -0.25) is 0 Å². The molecule has 20 heavy (non-hydrogen) atoms. The third-order valence-corrected chi connectivity index (χ3v) is 4.17. The fourth-order valence-corrected chi connectivity index (χ4v) is 2.41. The second-order valence-corrected chi connectivity index (χ2v) is 6.79. The van der Waals surface area contributed by atoms with E-state index in [9.17, 15) is 13.2 Å². The average Bonchev–Trinajstić information content (AvgIpc) is 2.38. The highest BCUT2D eigenvalue weighted by atomic mass is 79.9. The predicted octanol–water partition coefficient (Wildman–Crippen LogP) is 2.95. The van der Waals surface area contributed by atoms with Crippen molar-refractivity contribution in [2.75, 3.05) is 12.9 Å². The van der Waals surface area contributed by atoms with E-state index < -0.39 is 15.8 Å². The summed E-state index contributed by atoms with van der Waals surface area (Å²) < 4.78 is 28.1. The van der Waals surface area contributed by atoms with Gasteiger partial charge in [-0.05, 0) is 30.7 Å². The van der Waals surface area contributed by atoms with Gasteiger partial charge in [0.05, 0.1) is 11.5 Å². The van der Waals surface area contributed by atoms with Crippen LogP contribution in [0.3, 0.4) is 0 Å². The van der Waals surface area contributed by atoms with Crippen LogP contribution in [0, 0.1) is 0 Å². The summed E-state index contributed by atoms with van der Waals surface area (Å²) in [4.78, 5) is 11.4. The number of sulfone groups is 1. The zero-order valence-corrected chi connectivity index (χ0v) is 13.6. The standard InChI is InChI=1S/C14H15BrO4S/c1-3-19-14(16)6-4-5-13(15)11-7-9-12(10-8-11)20(2,17)18/h4-10H,3H2,1-2H3/b6-4+,13-5-. The monoisotopic (exact) mass is 358 g/mol. The molecule has 0 fully saturated rings. The first kappa shape index (κ1) is 16.7. The third kappa shape index (κ3) is 5.30. The Labute approximate surface area is 127 Å². The van der Waals surface area contributed by atoms with Crippen molar-refractivity contribution in [2.24, 2.45) is 0 Å². The van der Waals surface area contributed by atoms with Crippen molar-refractivity contribution in [2.45, 2.75) is 11.8 Å².